The van der Waals surface area contributed by atoms with E-state index in [1.54, 1.807) is 0 Å². The summed E-state index contributed by atoms with van der Waals surface area (Å²) in [7, 11) is 0. The zero-order chi connectivity index (χ0) is 17.7. The average molecular weight is 332 g/mol. The number of carbonyl (C=O) groups excluding carboxylic acids is 2. The molecule has 0 N–H and O–H groups in total. The fourth-order valence-electron chi connectivity index (χ4n) is 5.24. The summed E-state index contributed by atoms with van der Waals surface area (Å²) in [5.74, 6) is -1.79. The molecule has 1 fully saturated rings. The van der Waals surface area contributed by atoms with Crippen LogP contribution in [0.5, 0.6) is 0 Å². The van der Waals surface area contributed by atoms with Gasteiger partial charge in [-0.05, 0) is 49.5 Å². The lowest BCUT2D eigenvalue weighted by Crippen LogP contribution is -2.60. The average Bonchev–Trinajstić information content (AvgIpc) is 2.46. The first-order chi connectivity index (χ1) is 11.3. The van der Waals surface area contributed by atoms with E-state index in [1.807, 2.05) is 0 Å². The number of hydrogen-bond donors (Lipinski definition) is 0. The van der Waals surface area contributed by atoms with Gasteiger partial charge in [0.15, 0.2) is 0 Å². The molecule has 4 nitrogen and oxygen atoms in total. The van der Waals surface area contributed by atoms with Crippen LogP contribution in [0, 0.1) is 17.3 Å². The minimum Gasteiger partial charge on any atom is -0.417 e. The monoisotopic (exact) mass is 332 g/mol. The Kier molecular flexibility index (Phi) is 4.13. The lowest BCUT2D eigenvalue weighted by Gasteiger charge is -2.56. The first kappa shape index (κ1) is 17.2. The van der Waals surface area contributed by atoms with Crippen LogP contribution < -0.4 is 0 Å². The van der Waals surface area contributed by atoms with Crippen LogP contribution in [-0.4, -0.2) is 17.7 Å². The largest absolute Gasteiger partial charge is 0.417 e. The molecule has 0 bridgehead atoms. The van der Waals surface area contributed by atoms with E-state index in [4.69, 9.17) is 9.47 Å². The van der Waals surface area contributed by atoms with Crippen molar-refractivity contribution in [3.8, 4) is 0 Å². The summed E-state index contributed by atoms with van der Waals surface area (Å²) in [4.78, 5) is 24.3. The Morgan fingerprint density at radius 1 is 1.17 bits per heavy atom. The van der Waals surface area contributed by atoms with Crippen molar-refractivity contribution in [2.24, 2.45) is 17.3 Å². The highest BCUT2D eigenvalue weighted by atomic mass is 16.7. The zero-order valence-corrected chi connectivity index (χ0v) is 15.4. The minimum absolute atomic E-state index is 0.0336. The summed E-state index contributed by atoms with van der Waals surface area (Å²) in [5, 5.41) is 0. The molecule has 0 aromatic heterocycles. The van der Waals surface area contributed by atoms with Gasteiger partial charge >= 0.3 is 11.9 Å². The molecule has 2 unspecified atom stereocenters. The SMILES string of the molecule is CCC1=C2C=C(C)CCC2C(C)(C)C(CC)C12OC(=O)CC(=O)O2. The van der Waals surface area contributed by atoms with E-state index in [2.05, 4.69) is 40.7 Å². The first-order valence-electron chi connectivity index (χ1n) is 9.10. The van der Waals surface area contributed by atoms with Crippen LogP contribution in [0.15, 0.2) is 22.8 Å². The maximum absolute atomic E-state index is 12.1. The number of fused-ring (bicyclic) bond motifs is 1. The molecule has 24 heavy (non-hydrogen) atoms. The number of carbonyl (C=O) groups is 2. The van der Waals surface area contributed by atoms with Crippen LogP contribution >= 0.6 is 0 Å². The van der Waals surface area contributed by atoms with Crippen molar-refractivity contribution in [2.45, 2.75) is 72.5 Å². The van der Waals surface area contributed by atoms with Crippen LogP contribution in [0.1, 0.15) is 66.7 Å². The van der Waals surface area contributed by atoms with Crippen molar-refractivity contribution in [2.75, 3.05) is 0 Å². The van der Waals surface area contributed by atoms with Gasteiger partial charge in [0.25, 0.3) is 5.79 Å². The van der Waals surface area contributed by atoms with Gasteiger partial charge in [-0.1, -0.05) is 39.3 Å². The van der Waals surface area contributed by atoms with Crippen LogP contribution in [-0.2, 0) is 19.1 Å². The van der Waals surface area contributed by atoms with Crippen molar-refractivity contribution in [3.63, 3.8) is 0 Å². The van der Waals surface area contributed by atoms with E-state index >= 15 is 0 Å². The Bertz CT molecular complexity index is 622. The molecule has 0 radical (unpaired) electrons. The molecule has 0 aromatic carbocycles. The zero-order valence-electron chi connectivity index (χ0n) is 15.4. The molecule has 2 atom stereocenters. The van der Waals surface area contributed by atoms with E-state index in [-0.39, 0.29) is 17.8 Å². The van der Waals surface area contributed by atoms with E-state index in [0.717, 1.165) is 24.8 Å². The summed E-state index contributed by atoms with van der Waals surface area (Å²) in [6.07, 6.45) is 5.65. The van der Waals surface area contributed by atoms with Gasteiger partial charge < -0.3 is 9.47 Å². The molecular weight excluding hydrogens is 304 g/mol. The first-order valence-corrected chi connectivity index (χ1v) is 9.10. The molecule has 0 saturated carbocycles. The third-order valence-corrected chi connectivity index (χ3v) is 6.21. The molecule has 2 aliphatic carbocycles. The smallest absolute Gasteiger partial charge is 0.320 e. The topological polar surface area (TPSA) is 52.6 Å². The number of rotatable bonds is 2. The molecule has 1 heterocycles. The second-order valence-electron chi connectivity index (χ2n) is 7.94. The van der Waals surface area contributed by atoms with Crippen LogP contribution in [0.25, 0.3) is 0 Å². The molecule has 132 valence electrons. The van der Waals surface area contributed by atoms with Gasteiger partial charge in [-0.15, -0.1) is 0 Å². The Balaban J connectivity index is 2.28. The third kappa shape index (κ3) is 2.34. The second-order valence-corrected chi connectivity index (χ2v) is 7.94. The van der Waals surface area contributed by atoms with Crippen molar-refractivity contribution in [1.82, 2.24) is 0 Å². The molecule has 0 amide bonds. The molecule has 1 aliphatic heterocycles. The molecular formula is C20H28O4. The lowest BCUT2D eigenvalue weighted by molar-refractivity contribution is -0.266. The summed E-state index contributed by atoms with van der Waals surface area (Å²) >= 11 is 0. The number of ether oxygens (including phenoxy) is 2. The fraction of sp³-hybridized carbons (Fsp3) is 0.700. The van der Waals surface area contributed by atoms with Gasteiger partial charge in [0.2, 0.25) is 0 Å². The van der Waals surface area contributed by atoms with E-state index in [9.17, 15) is 9.59 Å². The summed E-state index contributed by atoms with van der Waals surface area (Å²) in [6, 6.07) is 0. The Hall–Kier alpha value is -1.58. The predicted octanol–water partition coefficient (Wildman–Crippen LogP) is 4.30. The number of allylic oxidation sites excluding steroid dienone is 3. The fourth-order valence-corrected chi connectivity index (χ4v) is 5.24. The van der Waals surface area contributed by atoms with Gasteiger partial charge in [-0.3, -0.25) is 9.59 Å². The van der Waals surface area contributed by atoms with Crippen LogP contribution in [0.3, 0.4) is 0 Å². The summed E-state index contributed by atoms with van der Waals surface area (Å²) in [5.41, 5.74) is 3.43. The highest BCUT2D eigenvalue weighted by molar-refractivity contribution is 5.93. The van der Waals surface area contributed by atoms with Gasteiger partial charge in [0.05, 0.1) is 0 Å². The van der Waals surface area contributed by atoms with E-state index in [0.29, 0.717) is 12.3 Å². The molecule has 3 aliphatic rings. The standard InChI is InChI=1S/C20H28O4/c1-6-14-13-10-12(3)8-9-15(13)19(4,5)16(7-2)20(14)23-17(21)11-18(22)24-20/h10,15-16H,6-9,11H2,1-5H3. The van der Waals surface area contributed by atoms with E-state index < -0.39 is 17.7 Å². The predicted molar refractivity (Wildman–Crippen MR) is 90.9 cm³/mol. The van der Waals surface area contributed by atoms with Gasteiger partial charge in [0.1, 0.15) is 6.42 Å². The highest BCUT2D eigenvalue weighted by Gasteiger charge is 2.62. The normalized spacial score (nSPS) is 31.3. The van der Waals surface area contributed by atoms with Crippen molar-refractivity contribution in [1.29, 1.82) is 0 Å². The van der Waals surface area contributed by atoms with Crippen molar-refractivity contribution >= 4 is 11.9 Å². The molecule has 4 heteroatoms. The Labute approximate surface area is 144 Å². The Morgan fingerprint density at radius 3 is 2.33 bits per heavy atom. The number of hydrogen-bond acceptors (Lipinski definition) is 4. The highest BCUT2D eigenvalue weighted by Crippen LogP contribution is 2.59. The minimum atomic E-state index is -1.22. The Morgan fingerprint density at radius 2 is 1.79 bits per heavy atom. The molecule has 1 saturated heterocycles. The molecule has 3 rings (SSSR count). The van der Waals surface area contributed by atoms with Gasteiger partial charge in [0, 0.05) is 11.5 Å². The summed E-state index contributed by atoms with van der Waals surface area (Å²) in [6.45, 7) is 10.7. The van der Waals surface area contributed by atoms with Gasteiger partial charge in [-0.25, -0.2) is 0 Å². The quantitative estimate of drug-likeness (QED) is 0.559. The lowest BCUT2D eigenvalue weighted by atomic mass is 9.54. The summed E-state index contributed by atoms with van der Waals surface area (Å²) < 4.78 is 11.7. The van der Waals surface area contributed by atoms with Crippen LogP contribution in [0.4, 0.5) is 0 Å². The van der Waals surface area contributed by atoms with Crippen molar-refractivity contribution < 1.29 is 19.1 Å². The maximum atomic E-state index is 12.1. The van der Waals surface area contributed by atoms with E-state index in [1.165, 1.54) is 11.1 Å². The third-order valence-electron chi connectivity index (χ3n) is 6.21. The van der Waals surface area contributed by atoms with Crippen LogP contribution in [0.2, 0.25) is 0 Å². The molecule has 0 aromatic rings. The maximum Gasteiger partial charge on any atom is 0.320 e. The number of esters is 2. The second kappa shape index (κ2) is 5.75. The molecule has 1 spiro atoms. The van der Waals surface area contributed by atoms with Crippen molar-refractivity contribution in [3.05, 3.63) is 22.8 Å². The van der Waals surface area contributed by atoms with Gasteiger partial charge in [-0.2, -0.15) is 0 Å².